The molecule has 4 heteroatoms. The monoisotopic (exact) mass is 182 g/mol. The second kappa shape index (κ2) is 2.75. The van der Waals surface area contributed by atoms with Crippen LogP contribution in [0.2, 0.25) is 0 Å². The normalized spacial score (nSPS) is 32.4. The molecule has 0 aromatic carbocycles. The number of rotatable bonds is 0. The van der Waals surface area contributed by atoms with E-state index in [1.165, 1.54) is 0 Å². The number of halogens is 1. The zero-order chi connectivity index (χ0) is 8.55. The summed E-state index contributed by atoms with van der Waals surface area (Å²) in [6.45, 7) is 0. The topological polar surface area (TPSA) is 41.5 Å². The van der Waals surface area contributed by atoms with Gasteiger partial charge in [0.25, 0.3) is 0 Å². The molecule has 0 saturated carbocycles. The fourth-order valence-corrected chi connectivity index (χ4v) is 1.59. The highest BCUT2D eigenvalue weighted by Crippen LogP contribution is 2.25. The van der Waals surface area contributed by atoms with E-state index in [1.54, 1.807) is 0 Å². The molecule has 62 valence electrons. The molecule has 1 aliphatic carbocycles. The second-order valence-electron chi connectivity index (χ2n) is 2.73. The van der Waals surface area contributed by atoms with E-state index in [0.717, 1.165) is 0 Å². The molecule has 2 atom stereocenters. The van der Waals surface area contributed by atoms with Crippen LogP contribution in [-0.4, -0.2) is 11.1 Å². The number of carbonyl (C=O) groups excluding carboxylic acids is 1. The first-order chi connectivity index (χ1) is 5.79. The van der Waals surface area contributed by atoms with Crippen molar-refractivity contribution in [3.63, 3.8) is 0 Å². The quantitative estimate of drug-likeness (QED) is 0.597. The number of carbonyl (C=O) groups is 1. The summed E-state index contributed by atoms with van der Waals surface area (Å²) in [7, 11) is 0. The van der Waals surface area contributed by atoms with Crippen molar-refractivity contribution in [2.75, 3.05) is 0 Å². The van der Waals surface area contributed by atoms with Gasteiger partial charge in [-0.2, -0.15) is 5.10 Å². The van der Waals surface area contributed by atoms with Gasteiger partial charge in [-0.15, -0.1) is 0 Å². The Bertz CT molecular complexity index is 306. The van der Waals surface area contributed by atoms with Gasteiger partial charge in [0.1, 0.15) is 5.17 Å². The Labute approximate surface area is 74.8 Å². The van der Waals surface area contributed by atoms with Crippen LogP contribution in [0.4, 0.5) is 0 Å². The molecule has 3 nitrogen and oxygen atoms in total. The highest BCUT2D eigenvalue weighted by Gasteiger charge is 2.32. The molecule has 1 aliphatic heterocycles. The SMILES string of the molecule is O=C1NN=C(Cl)C2C=CC=CC12. The molecular formula is C8H7ClN2O. The van der Waals surface area contributed by atoms with Crippen LogP contribution in [0.15, 0.2) is 29.4 Å². The summed E-state index contributed by atoms with van der Waals surface area (Å²) in [5, 5.41) is 4.14. The third kappa shape index (κ3) is 1.06. The van der Waals surface area contributed by atoms with Crippen LogP contribution in [0, 0.1) is 11.8 Å². The van der Waals surface area contributed by atoms with E-state index in [4.69, 9.17) is 11.6 Å². The van der Waals surface area contributed by atoms with Gasteiger partial charge in [0.2, 0.25) is 5.91 Å². The Morgan fingerprint density at radius 2 is 2.00 bits per heavy atom. The van der Waals surface area contributed by atoms with Gasteiger partial charge >= 0.3 is 0 Å². The number of hydrogen-bond acceptors (Lipinski definition) is 2. The summed E-state index contributed by atoms with van der Waals surface area (Å²) in [5.41, 5.74) is 2.36. The number of allylic oxidation sites excluding steroid dienone is 3. The average Bonchev–Trinajstić information content (AvgIpc) is 2.12. The summed E-state index contributed by atoms with van der Waals surface area (Å²) >= 11 is 5.81. The standard InChI is InChI=1S/C8H7ClN2O/c9-7-5-3-1-2-4-6(5)8(12)11-10-7/h1-6H,(H,11,12). The number of amides is 1. The van der Waals surface area contributed by atoms with E-state index in [1.807, 2.05) is 24.3 Å². The van der Waals surface area contributed by atoms with Crippen molar-refractivity contribution >= 4 is 22.7 Å². The first-order valence-electron chi connectivity index (χ1n) is 3.67. The summed E-state index contributed by atoms with van der Waals surface area (Å²) < 4.78 is 0. The van der Waals surface area contributed by atoms with E-state index < -0.39 is 0 Å². The van der Waals surface area contributed by atoms with E-state index >= 15 is 0 Å². The van der Waals surface area contributed by atoms with Crippen LogP contribution in [0.5, 0.6) is 0 Å². The number of hydrazone groups is 1. The molecule has 1 amide bonds. The Morgan fingerprint density at radius 3 is 2.67 bits per heavy atom. The van der Waals surface area contributed by atoms with Crippen LogP contribution in [0.25, 0.3) is 0 Å². The van der Waals surface area contributed by atoms with Gasteiger partial charge < -0.3 is 0 Å². The van der Waals surface area contributed by atoms with Gasteiger partial charge in [-0.05, 0) is 0 Å². The minimum absolute atomic E-state index is 0.0644. The van der Waals surface area contributed by atoms with Gasteiger partial charge in [0.15, 0.2) is 0 Å². The summed E-state index contributed by atoms with van der Waals surface area (Å²) in [6.07, 6.45) is 7.43. The third-order valence-electron chi connectivity index (χ3n) is 1.99. The maximum absolute atomic E-state index is 11.2. The predicted molar refractivity (Wildman–Crippen MR) is 46.7 cm³/mol. The molecule has 12 heavy (non-hydrogen) atoms. The second-order valence-corrected chi connectivity index (χ2v) is 3.12. The Hall–Kier alpha value is -1.09. The van der Waals surface area contributed by atoms with Crippen molar-refractivity contribution in [2.45, 2.75) is 0 Å². The van der Waals surface area contributed by atoms with Gasteiger partial charge in [-0.3, -0.25) is 4.79 Å². The Morgan fingerprint density at radius 1 is 1.33 bits per heavy atom. The molecule has 2 rings (SSSR count). The largest absolute Gasteiger partial charge is 0.272 e. The fourth-order valence-electron chi connectivity index (χ4n) is 1.34. The molecule has 1 N–H and O–H groups in total. The number of nitrogens with one attached hydrogen (secondary N) is 1. The molecule has 2 unspecified atom stereocenters. The lowest BCUT2D eigenvalue weighted by Crippen LogP contribution is -2.39. The summed E-state index contributed by atoms with van der Waals surface area (Å²) in [6, 6.07) is 0. The molecule has 0 fully saturated rings. The molecule has 0 aromatic rings. The van der Waals surface area contributed by atoms with Crippen molar-refractivity contribution in [3.8, 4) is 0 Å². The van der Waals surface area contributed by atoms with Crippen molar-refractivity contribution in [1.82, 2.24) is 5.43 Å². The highest BCUT2D eigenvalue weighted by atomic mass is 35.5. The molecular weight excluding hydrogens is 176 g/mol. The first kappa shape index (κ1) is 7.55. The lowest BCUT2D eigenvalue weighted by Gasteiger charge is -2.24. The zero-order valence-corrected chi connectivity index (χ0v) is 6.95. The van der Waals surface area contributed by atoms with Crippen molar-refractivity contribution < 1.29 is 4.79 Å². The number of nitrogens with zero attached hydrogens (tertiary/aromatic N) is 1. The number of hydrogen-bond donors (Lipinski definition) is 1. The fraction of sp³-hybridized carbons (Fsp3) is 0.250. The van der Waals surface area contributed by atoms with E-state index in [-0.39, 0.29) is 17.7 Å². The zero-order valence-electron chi connectivity index (χ0n) is 6.20. The molecule has 2 aliphatic rings. The molecule has 1 heterocycles. The Kier molecular flexibility index (Phi) is 1.73. The lowest BCUT2D eigenvalue weighted by atomic mass is 9.88. The maximum Gasteiger partial charge on any atom is 0.248 e. The molecule has 0 bridgehead atoms. The number of fused-ring (bicyclic) bond motifs is 1. The summed E-state index contributed by atoms with van der Waals surface area (Å²) in [5.74, 6) is -0.338. The van der Waals surface area contributed by atoms with Gasteiger partial charge in [-0.1, -0.05) is 35.9 Å². The van der Waals surface area contributed by atoms with Crippen molar-refractivity contribution in [1.29, 1.82) is 0 Å². The molecule has 0 saturated heterocycles. The Balaban J connectivity index is 2.36. The predicted octanol–water partition coefficient (Wildman–Crippen LogP) is 1.03. The molecule has 0 spiro atoms. The first-order valence-corrected chi connectivity index (χ1v) is 4.05. The minimum atomic E-state index is -0.181. The molecule has 0 radical (unpaired) electrons. The van der Waals surface area contributed by atoms with E-state index in [9.17, 15) is 4.79 Å². The van der Waals surface area contributed by atoms with Crippen LogP contribution in [-0.2, 0) is 4.79 Å². The van der Waals surface area contributed by atoms with E-state index in [0.29, 0.717) is 5.17 Å². The third-order valence-corrected chi connectivity index (χ3v) is 2.32. The van der Waals surface area contributed by atoms with E-state index in [2.05, 4.69) is 10.5 Å². The average molecular weight is 183 g/mol. The van der Waals surface area contributed by atoms with Crippen LogP contribution in [0.1, 0.15) is 0 Å². The van der Waals surface area contributed by atoms with Gasteiger partial charge in [-0.25, -0.2) is 5.43 Å². The van der Waals surface area contributed by atoms with Gasteiger partial charge in [0, 0.05) is 5.92 Å². The minimum Gasteiger partial charge on any atom is -0.272 e. The smallest absolute Gasteiger partial charge is 0.248 e. The summed E-state index contributed by atoms with van der Waals surface area (Å²) in [4.78, 5) is 11.2. The van der Waals surface area contributed by atoms with Crippen LogP contribution >= 0.6 is 11.6 Å². The van der Waals surface area contributed by atoms with Gasteiger partial charge in [0.05, 0.1) is 5.92 Å². The lowest BCUT2D eigenvalue weighted by molar-refractivity contribution is -0.124. The van der Waals surface area contributed by atoms with Crippen molar-refractivity contribution in [2.24, 2.45) is 16.9 Å². The van der Waals surface area contributed by atoms with Crippen molar-refractivity contribution in [3.05, 3.63) is 24.3 Å². The molecule has 0 aromatic heterocycles. The van der Waals surface area contributed by atoms with Crippen LogP contribution < -0.4 is 5.43 Å². The highest BCUT2D eigenvalue weighted by molar-refractivity contribution is 6.66. The maximum atomic E-state index is 11.2. The van der Waals surface area contributed by atoms with Crippen LogP contribution in [0.3, 0.4) is 0 Å².